The first-order valence-corrected chi connectivity index (χ1v) is 6.42. The molecule has 2 heteroatoms. The third-order valence-corrected chi connectivity index (χ3v) is 3.39. The van der Waals surface area contributed by atoms with E-state index >= 15 is 0 Å². The van der Waals surface area contributed by atoms with Gasteiger partial charge in [0.25, 0.3) is 0 Å². The zero-order chi connectivity index (χ0) is 12.7. The summed E-state index contributed by atoms with van der Waals surface area (Å²) in [6, 6.07) is 13.4. The lowest BCUT2D eigenvalue weighted by atomic mass is 10.0. The topological polar surface area (TPSA) is 27.0 Å². The molecule has 17 heavy (non-hydrogen) atoms. The van der Waals surface area contributed by atoms with Crippen LogP contribution >= 0.6 is 0 Å². The average molecular weight is 230 g/mol. The molecule has 0 bridgehead atoms. The highest BCUT2D eigenvalue weighted by atomic mass is 15.2. The van der Waals surface area contributed by atoms with Gasteiger partial charge in [0.15, 0.2) is 0 Å². The number of hydrogen-bond acceptors (Lipinski definition) is 2. The zero-order valence-corrected chi connectivity index (χ0v) is 11.1. The van der Waals surface area contributed by atoms with Gasteiger partial charge in [-0.05, 0) is 25.5 Å². The summed E-state index contributed by atoms with van der Waals surface area (Å²) in [5.74, 6) is 0. The van der Waals surface area contributed by atoms with Crippen LogP contribution in [0.25, 0.3) is 0 Å². The summed E-state index contributed by atoms with van der Waals surface area (Å²) >= 11 is 0. The van der Waals surface area contributed by atoms with E-state index in [1.54, 1.807) is 0 Å². The predicted molar refractivity (Wildman–Crippen MR) is 71.5 cm³/mol. The number of hydrogen-bond donors (Lipinski definition) is 0. The molecule has 0 amide bonds. The van der Waals surface area contributed by atoms with Gasteiger partial charge in [-0.25, -0.2) is 0 Å². The normalized spacial score (nSPS) is 14.3. The minimum absolute atomic E-state index is 0.223. The Hall–Kier alpha value is -1.33. The van der Waals surface area contributed by atoms with Crippen LogP contribution in [0.5, 0.6) is 0 Å². The molecule has 92 valence electrons. The maximum absolute atomic E-state index is 9.02. The van der Waals surface area contributed by atoms with Crippen molar-refractivity contribution in [1.29, 1.82) is 5.26 Å². The summed E-state index contributed by atoms with van der Waals surface area (Å²) in [7, 11) is 0. The van der Waals surface area contributed by atoms with Crippen molar-refractivity contribution in [3.8, 4) is 6.07 Å². The maximum atomic E-state index is 9.02. The molecule has 1 aromatic carbocycles. The van der Waals surface area contributed by atoms with E-state index in [1.165, 1.54) is 5.56 Å². The van der Waals surface area contributed by atoms with E-state index in [9.17, 15) is 0 Å². The van der Waals surface area contributed by atoms with Gasteiger partial charge in [0.1, 0.15) is 0 Å². The van der Waals surface area contributed by atoms with Crippen LogP contribution < -0.4 is 0 Å². The summed E-state index contributed by atoms with van der Waals surface area (Å²) in [5.41, 5.74) is 1.25. The molecule has 0 heterocycles. The molecule has 2 unspecified atom stereocenters. The van der Waals surface area contributed by atoms with Crippen molar-refractivity contribution in [2.75, 3.05) is 6.54 Å². The largest absolute Gasteiger partial charge is 0.293 e. The SMILES string of the molecule is CCC(C)N(CC)C(CC#N)c1ccccc1. The summed E-state index contributed by atoms with van der Waals surface area (Å²) in [6.07, 6.45) is 1.67. The van der Waals surface area contributed by atoms with Gasteiger partial charge in [-0.2, -0.15) is 5.26 Å². The fraction of sp³-hybridized carbons (Fsp3) is 0.533. The zero-order valence-electron chi connectivity index (χ0n) is 11.1. The molecule has 0 aromatic heterocycles. The molecule has 0 spiro atoms. The minimum atomic E-state index is 0.223. The Balaban J connectivity index is 2.95. The predicted octanol–water partition coefficient (Wildman–Crippen LogP) is 3.76. The van der Waals surface area contributed by atoms with Crippen LogP contribution in [0, 0.1) is 11.3 Å². The van der Waals surface area contributed by atoms with Gasteiger partial charge in [-0.15, -0.1) is 0 Å². The third kappa shape index (κ3) is 3.57. The summed E-state index contributed by atoms with van der Waals surface area (Å²) in [4.78, 5) is 2.42. The molecule has 0 N–H and O–H groups in total. The molecule has 0 aliphatic rings. The lowest BCUT2D eigenvalue weighted by Gasteiger charge is -2.34. The Morgan fingerprint density at radius 1 is 1.24 bits per heavy atom. The lowest BCUT2D eigenvalue weighted by molar-refractivity contribution is 0.150. The molecule has 1 aromatic rings. The third-order valence-electron chi connectivity index (χ3n) is 3.39. The van der Waals surface area contributed by atoms with Crippen LogP contribution in [0.1, 0.15) is 45.2 Å². The van der Waals surface area contributed by atoms with Crippen LogP contribution in [0.15, 0.2) is 30.3 Å². The quantitative estimate of drug-likeness (QED) is 0.744. The highest BCUT2D eigenvalue weighted by molar-refractivity contribution is 5.20. The standard InChI is InChI=1S/C15H22N2/c1-4-13(3)17(5-2)15(11-12-16)14-9-7-6-8-10-14/h6-10,13,15H,4-5,11H2,1-3H3. The molecular formula is C15H22N2. The van der Waals surface area contributed by atoms with E-state index in [1.807, 2.05) is 18.2 Å². The highest BCUT2D eigenvalue weighted by Crippen LogP contribution is 2.26. The Bertz CT molecular complexity index is 353. The second kappa shape index (κ2) is 7.09. The van der Waals surface area contributed by atoms with Crippen molar-refractivity contribution in [2.45, 2.75) is 45.7 Å². The van der Waals surface area contributed by atoms with Crippen LogP contribution in [0.3, 0.4) is 0 Å². The van der Waals surface area contributed by atoms with E-state index < -0.39 is 0 Å². The second-order valence-electron chi connectivity index (χ2n) is 4.38. The highest BCUT2D eigenvalue weighted by Gasteiger charge is 2.22. The number of rotatable bonds is 6. The van der Waals surface area contributed by atoms with Gasteiger partial charge in [0.05, 0.1) is 12.5 Å². The molecule has 0 saturated heterocycles. The lowest BCUT2D eigenvalue weighted by Crippen LogP contribution is -2.36. The van der Waals surface area contributed by atoms with Gasteiger partial charge in [0, 0.05) is 12.1 Å². The molecule has 2 atom stereocenters. The summed E-state index contributed by atoms with van der Waals surface area (Å²) < 4.78 is 0. The first-order valence-electron chi connectivity index (χ1n) is 6.42. The minimum Gasteiger partial charge on any atom is -0.293 e. The maximum Gasteiger partial charge on any atom is 0.0641 e. The van der Waals surface area contributed by atoms with Crippen LogP contribution in [0.2, 0.25) is 0 Å². The molecule has 0 aliphatic heterocycles. The smallest absolute Gasteiger partial charge is 0.0641 e. The molecule has 2 nitrogen and oxygen atoms in total. The van der Waals surface area contributed by atoms with E-state index in [4.69, 9.17) is 5.26 Å². The van der Waals surface area contributed by atoms with E-state index in [0.717, 1.165) is 13.0 Å². The number of benzene rings is 1. The Labute approximate surface area is 105 Å². The number of nitriles is 1. The van der Waals surface area contributed by atoms with E-state index in [-0.39, 0.29) is 6.04 Å². The number of nitrogens with zero attached hydrogens (tertiary/aromatic N) is 2. The van der Waals surface area contributed by atoms with Crippen LogP contribution in [-0.2, 0) is 0 Å². The van der Waals surface area contributed by atoms with Crippen molar-refractivity contribution < 1.29 is 0 Å². The van der Waals surface area contributed by atoms with E-state index in [0.29, 0.717) is 12.5 Å². The summed E-state index contributed by atoms with van der Waals surface area (Å²) in [5, 5.41) is 9.02. The fourth-order valence-corrected chi connectivity index (χ4v) is 2.26. The van der Waals surface area contributed by atoms with Crippen molar-refractivity contribution in [1.82, 2.24) is 4.90 Å². The van der Waals surface area contributed by atoms with Crippen LogP contribution in [-0.4, -0.2) is 17.5 Å². The van der Waals surface area contributed by atoms with Gasteiger partial charge in [-0.3, -0.25) is 4.90 Å². The molecule has 0 radical (unpaired) electrons. The van der Waals surface area contributed by atoms with Gasteiger partial charge >= 0.3 is 0 Å². The molecule has 0 fully saturated rings. The van der Waals surface area contributed by atoms with E-state index in [2.05, 4.69) is 43.9 Å². The van der Waals surface area contributed by atoms with Crippen molar-refractivity contribution in [3.63, 3.8) is 0 Å². The Morgan fingerprint density at radius 2 is 1.88 bits per heavy atom. The van der Waals surface area contributed by atoms with Gasteiger partial charge in [-0.1, -0.05) is 44.2 Å². The fourth-order valence-electron chi connectivity index (χ4n) is 2.26. The average Bonchev–Trinajstić information content (AvgIpc) is 2.39. The molecular weight excluding hydrogens is 208 g/mol. The first kappa shape index (κ1) is 13.7. The van der Waals surface area contributed by atoms with Gasteiger partial charge in [0.2, 0.25) is 0 Å². The second-order valence-corrected chi connectivity index (χ2v) is 4.38. The van der Waals surface area contributed by atoms with Crippen molar-refractivity contribution in [3.05, 3.63) is 35.9 Å². The van der Waals surface area contributed by atoms with Crippen LogP contribution in [0.4, 0.5) is 0 Å². The Kier molecular flexibility index (Phi) is 5.72. The monoisotopic (exact) mass is 230 g/mol. The van der Waals surface area contributed by atoms with Crippen molar-refractivity contribution in [2.24, 2.45) is 0 Å². The first-order chi connectivity index (χ1) is 8.24. The summed E-state index contributed by atoms with van der Waals surface area (Å²) in [6.45, 7) is 7.58. The molecule has 0 aliphatic carbocycles. The Morgan fingerprint density at radius 3 is 2.35 bits per heavy atom. The van der Waals surface area contributed by atoms with Crippen molar-refractivity contribution >= 4 is 0 Å². The molecule has 0 saturated carbocycles. The molecule has 1 rings (SSSR count). The van der Waals surface area contributed by atoms with Gasteiger partial charge < -0.3 is 0 Å².